The van der Waals surface area contributed by atoms with E-state index in [0.717, 1.165) is 16.9 Å². The molecule has 1 aromatic rings. The van der Waals surface area contributed by atoms with Crippen molar-refractivity contribution in [3.05, 3.63) is 22.3 Å². The fraction of sp³-hybridized carbons (Fsp3) is 0.654. The minimum absolute atomic E-state index is 0.153. The summed E-state index contributed by atoms with van der Waals surface area (Å²) in [6.07, 6.45) is 1.09. The number of piperazine rings is 1. The van der Waals surface area contributed by atoms with E-state index in [0.29, 0.717) is 69.7 Å². The molecule has 13 heteroatoms. The van der Waals surface area contributed by atoms with Crippen LogP contribution in [0.4, 0.5) is 4.79 Å². The predicted octanol–water partition coefficient (Wildman–Crippen LogP) is 1.33. The van der Waals surface area contributed by atoms with Crippen LogP contribution in [0.5, 0.6) is 5.75 Å². The van der Waals surface area contributed by atoms with Crippen LogP contribution >= 0.6 is 0 Å². The largest absolute Gasteiger partial charge is 0.487 e. The first-order valence-corrected chi connectivity index (χ1v) is 14.7. The smallest absolute Gasteiger partial charge is 0.409 e. The minimum atomic E-state index is -4.08. The molecule has 1 saturated heterocycles. The number of hydrogen-bond donors (Lipinski definition) is 3. The van der Waals surface area contributed by atoms with E-state index in [1.54, 1.807) is 30.6 Å². The Bertz CT molecular complexity index is 1240. The fourth-order valence-corrected chi connectivity index (χ4v) is 6.52. The van der Waals surface area contributed by atoms with E-state index in [-0.39, 0.29) is 22.9 Å². The summed E-state index contributed by atoms with van der Waals surface area (Å²) >= 11 is 0. The number of ether oxygens (including phenoxy) is 2. The van der Waals surface area contributed by atoms with E-state index in [9.17, 15) is 18.0 Å². The Kier molecular flexibility index (Phi) is 9.37. The number of sulfonamides is 1. The van der Waals surface area contributed by atoms with Gasteiger partial charge in [0.05, 0.1) is 17.5 Å². The normalized spacial score (nSPS) is 17.9. The first-order valence-electron chi connectivity index (χ1n) is 13.3. The molecule has 3 rings (SSSR count). The maximum absolute atomic E-state index is 13.3. The van der Waals surface area contributed by atoms with Gasteiger partial charge in [0.25, 0.3) is 10.0 Å². The van der Waals surface area contributed by atoms with E-state index in [1.165, 1.54) is 0 Å². The van der Waals surface area contributed by atoms with Crippen molar-refractivity contribution in [2.45, 2.75) is 77.3 Å². The number of nitrogens with zero attached hydrogens (tertiary/aromatic N) is 3. The molecule has 2 aliphatic heterocycles. The molecular formula is C26H42N6O6S. The number of amides is 2. The number of rotatable bonds is 8. The Morgan fingerprint density at radius 1 is 1.10 bits per heavy atom. The zero-order valence-corrected chi connectivity index (χ0v) is 24.6. The van der Waals surface area contributed by atoms with Crippen LogP contribution in [0.15, 0.2) is 9.29 Å². The molecular weight excluding hydrogens is 524 g/mol. The summed E-state index contributed by atoms with van der Waals surface area (Å²) < 4.78 is 41.4. The topological polar surface area (TPSA) is 170 Å². The van der Waals surface area contributed by atoms with Gasteiger partial charge in [0.1, 0.15) is 11.4 Å². The molecule has 39 heavy (non-hydrogen) atoms. The van der Waals surface area contributed by atoms with Crippen LogP contribution in [-0.4, -0.2) is 87.2 Å². The highest BCUT2D eigenvalue weighted by Crippen LogP contribution is 2.44. The Hall–Kier alpha value is -3.06. The first kappa shape index (κ1) is 30.5. The summed E-state index contributed by atoms with van der Waals surface area (Å²) in [5.41, 5.74) is 14.5. The number of carbonyl (C=O) groups is 2. The van der Waals surface area contributed by atoms with Crippen molar-refractivity contribution in [2.75, 3.05) is 39.3 Å². The average Bonchev–Trinajstić information content (AvgIpc) is 3.20. The second-order valence-electron chi connectivity index (χ2n) is 10.7. The van der Waals surface area contributed by atoms with E-state index >= 15 is 0 Å². The molecule has 1 aromatic carbocycles. The average molecular weight is 567 g/mol. The Labute approximate surface area is 231 Å². The van der Waals surface area contributed by atoms with Gasteiger partial charge in [0.15, 0.2) is 0 Å². The number of benzene rings is 1. The number of nitrogens with two attached hydrogens (primary N) is 2. The third-order valence-corrected chi connectivity index (χ3v) is 8.77. The van der Waals surface area contributed by atoms with Crippen molar-refractivity contribution in [1.29, 1.82) is 0 Å². The van der Waals surface area contributed by atoms with Gasteiger partial charge in [-0.1, -0.05) is 0 Å². The summed E-state index contributed by atoms with van der Waals surface area (Å²) in [7, 11) is -4.08. The third-order valence-electron chi connectivity index (χ3n) is 7.20. The minimum Gasteiger partial charge on any atom is -0.487 e. The standard InChI is InChI=1S/C26H42N6O6S/c1-7-37-25(34)32-13-11-31(12-14-32)23(33)20(27)9-8-10-29-24(28)30-39(35,36)22-17(3)16(2)21-19(18(22)4)15-26(5,6)38-21/h20H,7-15,27H2,1-6H3,(H3,28,29,30)/t20-/m0/s1. The lowest BCUT2D eigenvalue weighted by Gasteiger charge is -2.35. The lowest BCUT2D eigenvalue weighted by atomic mass is 9.94. The van der Waals surface area contributed by atoms with E-state index in [4.69, 9.17) is 20.9 Å². The molecule has 2 amide bonds. The van der Waals surface area contributed by atoms with E-state index in [2.05, 4.69) is 9.71 Å². The maximum atomic E-state index is 13.3. The fourth-order valence-electron chi connectivity index (χ4n) is 5.06. The second kappa shape index (κ2) is 12.0. The van der Waals surface area contributed by atoms with Gasteiger partial charge in [0, 0.05) is 44.7 Å². The van der Waals surface area contributed by atoms with Gasteiger partial charge in [-0.05, 0) is 71.1 Å². The highest BCUT2D eigenvalue weighted by molar-refractivity contribution is 7.90. The molecule has 0 aromatic heterocycles. The monoisotopic (exact) mass is 566 g/mol. The molecule has 1 fully saturated rings. The molecule has 0 saturated carbocycles. The van der Waals surface area contributed by atoms with E-state index in [1.807, 2.05) is 20.8 Å². The van der Waals surface area contributed by atoms with Crippen molar-refractivity contribution in [3.8, 4) is 5.75 Å². The van der Waals surface area contributed by atoms with E-state index < -0.39 is 21.7 Å². The van der Waals surface area contributed by atoms with Crippen LogP contribution in [0.1, 0.15) is 55.9 Å². The lowest BCUT2D eigenvalue weighted by Crippen LogP contribution is -2.54. The molecule has 2 aliphatic rings. The van der Waals surface area contributed by atoms with Crippen molar-refractivity contribution in [2.24, 2.45) is 15.9 Å². The molecule has 2 heterocycles. The zero-order chi connectivity index (χ0) is 29.1. The van der Waals surface area contributed by atoms with Gasteiger partial charge in [0.2, 0.25) is 11.9 Å². The highest BCUT2D eigenvalue weighted by atomic mass is 32.2. The Morgan fingerprint density at radius 3 is 2.33 bits per heavy atom. The molecule has 0 bridgehead atoms. The SMILES string of the molecule is CCOC(=O)N1CCN(C(=O)[C@@H](N)CCCN/C(N)=N/S(=O)(=O)c2c(C)c(C)c3c(c2C)CC(C)(C)O3)CC1. The van der Waals surface area contributed by atoms with Crippen molar-refractivity contribution in [1.82, 2.24) is 15.1 Å². The Balaban J connectivity index is 1.54. The quantitative estimate of drug-likeness (QED) is 0.239. The number of nitrogens with one attached hydrogen (secondary N) is 1. The van der Waals surface area contributed by atoms with Crippen LogP contribution in [0.25, 0.3) is 0 Å². The molecule has 218 valence electrons. The van der Waals surface area contributed by atoms with Crippen LogP contribution in [0, 0.1) is 20.8 Å². The van der Waals surface area contributed by atoms with Crippen LogP contribution < -0.4 is 21.5 Å². The van der Waals surface area contributed by atoms with Gasteiger partial charge in [-0.25, -0.2) is 4.79 Å². The second-order valence-corrected chi connectivity index (χ2v) is 12.2. The highest BCUT2D eigenvalue weighted by Gasteiger charge is 2.36. The van der Waals surface area contributed by atoms with Crippen molar-refractivity contribution >= 4 is 28.0 Å². The summed E-state index contributed by atoms with van der Waals surface area (Å²) in [5, 5.41) is 2.82. The molecule has 0 unspecified atom stereocenters. The van der Waals surface area contributed by atoms with Crippen LogP contribution in [-0.2, 0) is 26.0 Å². The zero-order valence-electron chi connectivity index (χ0n) is 23.8. The van der Waals surface area contributed by atoms with Crippen molar-refractivity contribution in [3.63, 3.8) is 0 Å². The van der Waals surface area contributed by atoms with Crippen LogP contribution in [0.3, 0.4) is 0 Å². The third kappa shape index (κ3) is 6.93. The maximum Gasteiger partial charge on any atom is 0.409 e. The lowest BCUT2D eigenvalue weighted by molar-refractivity contribution is -0.134. The van der Waals surface area contributed by atoms with Gasteiger partial charge in [-0.3, -0.25) is 4.79 Å². The van der Waals surface area contributed by atoms with Gasteiger partial charge < -0.3 is 36.1 Å². The van der Waals surface area contributed by atoms with Gasteiger partial charge >= 0.3 is 6.09 Å². The number of guanidine groups is 1. The Morgan fingerprint density at radius 2 is 1.72 bits per heavy atom. The first-order chi connectivity index (χ1) is 18.2. The summed E-state index contributed by atoms with van der Waals surface area (Å²) in [6.45, 7) is 13.3. The molecule has 0 aliphatic carbocycles. The molecule has 12 nitrogen and oxygen atoms in total. The summed E-state index contributed by atoms with van der Waals surface area (Å²) in [5.74, 6) is 0.335. The van der Waals surface area contributed by atoms with Gasteiger partial charge in [-0.15, -0.1) is 4.40 Å². The number of carbonyl (C=O) groups excluding carboxylic acids is 2. The summed E-state index contributed by atoms with van der Waals surface area (Å²) in [4.78, 5) is 27.9. The molecule has 0 spiro atoms. The molecule has 0 radical (unpaired) electrons. The number of hydrogen-bond acceptors (Lipinski definition) is 7. The van der Waals surface area contributed by atoms with Gasteiger partial charge in [-0.2, -0.15) is 8.42 Å². The molecule has 5 N–H and O–H groups in total. The number of fused-ring (bicyclic) bond motifs is 1. The van der Waals surface area contributed by atoms with Crippen LogP contribution in [0.2, 0.25) is 0 Å². The molecule has 1 atom stereocenters. The predicted molar refractivity (Wildman–Crippen MR) is 148 cm³/mol. The summed E-state index contributed by atoms with van der Waals surface area (Å²) in [6, 6.07) is -0.714. The van der Waals surface area contributed by atoms with Crippen molar-refractivity contribution < 1.29 is 27.5 Å².